The van der Waals surface area contributed by atoms with Crippen molar-refractivity contribution in [2.75, 3.05) is 5.32 Å². The van der Waals surface area contributed by atoms with Gasteiger partial charge in [-0.05, 0) is 56.4 Å². The molecule has 1 N–H and O–H groups in total. The molecule has 130 valence electrons. The second kappa shape index (κ2) is 7.97. The number of amides is 1. The lowest BCUT2D eigenvalue weighted by molar-refractivity contribution is -0.116. The van der Waals surface area contributed by atoms with Gasteiger partial charge in [0.25, 0.3) is 0 Å². The van der Waals surface area contributed by atoms with Crippen LogP contribution in [0.1, 0.15) is 42.8 Å². The molecule has 2 aromatic rings. The summed E-state index contributed by atoms with van der Waals surface area (Å²) in [5, 5.41) is 7.57. The van der Waals surface area contributed by atoms with Crippen molar-refractivity contribution in [3.05, 3.63) is 45.2 Å². The number of carbonyl (C=O) groups is 1. The molecule has 0 unspecified atom stereocenters. The van der Waals surface area contributed by atoms with E-state index in [2.05, 4.69) is 51.8 Å². The molecule has 0 aliphatic carbocycles. The molecule has 0 fully saturated rings. The molecule has 1 aromatic heterocycles. The molecule has 0 aliphatic rings. The molecule has 0 bridgehead atoms. The third kappa shape index (κ3) is 4.69. The van der Waals surface area contributed by atoms with Crippen LogP contribution in [-0.2, 0) is 17.8 Å². The molecule has 1 heterocycles. The fourth-order valence-electron chi connectivity index (χ4n) is 2.75. The largest absolute Gasteiger partial charge is 0.326 e. The molecular weight excluding hydrogens is 366 g/mol. The summed E-state index contributed by atoms with van der Waals surface area (Å²) >= 11 is 3.49. The predicted molar refractivity (Wildman–Crippen MR) is 102 cm³/mol. The van der Waals surface area contributed by atoms with Crippen LogP contribution in [0.2, 0.25) is 0 Å². The number of anilines is 1. The number of aryl methyl sites for hydroxylation is 2. The maximum absolute atomic E-state index is 12.2. The van der Waals surface area contributed by atoms with Crippen LogP contribution >= 0.6 is 15.9 Å². The standard InChI is InChI=1S/C19H26BrN3O/c1-12(2)11-23-15(5)17(14(4)22-23)8-9-19(24)21-16-7-6-13(3)18(20)10-16/h6-7,10,12H,8-9,11H2,1-5H3,(H,21,24). The predicted octanol–water partition coefficient (Wildman–Crippen LogP) is 4.80. The number of aromatic nitrogens is 2. The zero-order valence-electron chi connectivity index (χ0n) is 15.1. The van der Waals surface area contributed by atoms with Crippen LogP contribution in [0, 0.1) is 26.7 Å². The maximum Gasteiger partial charge on any atom is 0.224 e. The van der Waals surface area contributed by atoms with Crippen molar-refractivity contribution in [2.24, 2.45) is 5.92 Å². The van der Waals surface area contributed by atoms with E-state index in [9.17, 15) is 4.79 Å². The topological polar surface area (TPSA) is 46.9 Å². The first kappa shape index (κ1) is 18.7. The summed E-state index contributed by atoms with van der Waals surface area (Å²) in [7, 11) is 0. The number of nitrogens with zero attached hydrogens (tertiary/aromatic N) is 2. The van der Waals surface area contributed by atoms with Gasteiger partial charge in [0.1, 0.15) is 0 Å². The highest BCUT2D eigenvalue weighted by Gasteiger charge is 2.14. The summed E-state index contributed by atoms with van der Waals surface area (Å²) in [5.74, 6) is 0.584. The molecule has 0 aliphatic heterocycles. The van der Waals surface area contributed by atoms with Gasteiger partial charge in [0.15, 0.2) is 0 Å². The fraction of sp³-hybridized carbons (Fsp3) is 0.474. The van der Waals surface area contributed by atoms with Gasteiger partial charge in [-0.15, -0.1) is 0 Å². The Morgan fingerprint density at radius 1 is 1.29 bits per heavy atom. The number of carbonyl (C=O) groups excluding carboxylic acids is 1. The number of hydrogen-bond acceptors (Lipinski definition) is 2. The highest BCUT2D eigenvalue weighted by molar-refractivity contribution is 9.10. The second-order valence-corrected chi connectivity index (χ2v) is 7.59. The quantitative estimate of drug-likeness (QED) is 0.768. The van der Waals surface area contributed by atoms with Crippen molar-refractivity contribution < 1.29 is 4.79 Å². The van der Waals surface area contributed by atoms with Crippen molar-refractivity contribution in [3.8, 4) is 0 Å². The number of benzene rings is 1. The van der Waals surface area contributed by atoms with Crippen LogP contribution in [0.3, 0.4) is 0 Å². The van der Waals surface area contributed by atoms with Crippen molar-refractivity contribution in [1.82, 2.24) is 9.78 Å². The summed E-state index contributed by atoms with van der Waals surface area (Å²) < 4.78 is 3.06. The van der Waals surface area contributed by atoms with E-state index in [0.717, 1.165) is 28.0 Å². The maximum atomic E-state index is 12.2. The zero-order valence-corrected chi connectivity index (χ0v) is 16.7. The monoisotopic (exact) mass is 391 g/mol. The fourth-order valence-corrected chi connectivity index (χ4v) is 3.13. The van der Waals surface area contributed by atoms with Gasteiger partial charge >= 0.3 is 0 Å². The molecule has 4 nitrogen and oxygen atoms in total. The average Bonchev–Trinajstić information content (AvgIpc) is 2.74. The van der Waals surface area contributed by atoms with Crippen LogP contribution in [0.15, 0.2) is 22.7 Å². The lowest BCUT2D eigenvalue weighted by Crippen LogP contribution is -2.13. The summed E-state index contributed by atoms with van der Waals surface area (Å²) in [6.45, 7) is 11.4. The third-order valence-corrected chi connectivity index (χ3v) is 4.98. The highest BCUT2D eigenvalue weighted by Crippen LogP contribution is 2.21. The minimum Gasteiger partial charge on any atom is -0.326 e. The first-order chi connectivity index (χ1) is 11.3. The Morgan fingerprint density at radius 2 is 2.00 bits per heavy atom. The molecule has 0 spiro atoms. The van der Waals surface area contributed by atoms with Gasteiger partial charge in [-0.2, -0.15) is 5.10 Å². The summed E-state index contributed by atoms with van der Waals surface area (Å²) in [6.07, 6.45) is 1.18. The number of rotatable bonds is 6. The molecule has 0 saturated heterocycles. The Balaban J connectivity index is 1.98. The molecule has 24 heavy (non-hydrogen) atoms. The Morgan fingerprint density at radius 3 is 2.62 bits per heavy atom. The molecule has 5 heteroatoms. The first-order valence-electron chi connectivity index (χ1n) is 8.36. The van der Waals surface area contributed by atoms with Gasteiger partial charge in [-0.25, -0.2) is 0 Å². The lowest BCUT2D eigenvalue weighted by atomic mass is 10.1. The Bertz CT molecular complexity index is 734. The Hall–Kier alpha value is -1.62. The smallest absolute Gasteiger partial charge is 0.224 e. The van der Waals surface area contributed by atoms with Crippen LogP contribution in [0.5, 0.6) is 0 Å². The van der Waals surface area contributed by atoms with E-state index in [4.69, 9.17) is 0 Å². The van der Waals surface area contributed by atoms with E-state index in [1.807, 2.05) is 32.0 Å². The Kier molecular flexibility index (Phi) is 6.21. The van der Waals surface area contributed by atoms with Gasteiger partial charge < -0.3 is 5.32 Å². The number of hydrogen-bond donors (Lipinski definition) is 1. The second-order valence-electron chi connectivity index (χ2n) is 6.74. The number of nitrogens with one attached hydrogen (secondary N) is 1. The molecular formula is C19H26BrN3O. The molecule has 1 amide bonds. The Labute approximate surface area is 152 Å². The minimum atomic E-state index is 0.0289. The molecule has 0 atom stereocenters. The van der Waals surface area contributed by atoms with Crippen LogP contribution in [0.4, 0.5) is 5.69 Å². The van der Waals surface area contributed by atoms with E-state index in [0.29, 0.717) is 18.8 Å². The zero-order chi connectivity index (χ0) is 17.9. The lowest BCUT2D eigenvalue weighted by Gasteiger charge is -2.09. The third-order valence-electron chi connectivity index (χ3n) is 4.13. The van der Waals surface area contributed by atoms with Crippen LogP contribution in [-0.4, -0.2) is 15.7 Å². The van der Waals surface area contributed by atoms with Crippen molar-refractivity contribution in [1.29, 1.82) is 0 Å². The van der Waals surface area contributed by atoms with E-state index >= 15 is 0 Å². The summed E-state index contributed by atoms with van der Waals surface area (Å²) in [6, 6.07) is 5.85. The van der Waals surface area contributed by atoms with Gasteiger partial charge in [0, 0.05) is 28.8 Å². The van der Waals surface area contributed by atoms with Crippen molar-refractivity contribution >= 4 is 27.5 Å². The van der Waals surface area contributed by atoms with Crippen molar-refractivity contribution in [3.63, 3.8) is 0 Å². The molecule has 1 aromatic carbocycles. The minimum absolute atomic E-state index is 0.0289. The van der Waals surface area contributed by atoms with Crippen molar-refractivity contribution in [2.45, 2.75) is 54.0 Å². The van der Waals surface area contributed by atoms with Gasteiger partial charge in [0.05, 0.1) is 5.69 Å². The van der Waals surface area contributed by atoms with E-state index in [1.165, 1.54) is 11.3 Å². The first-order valence-corrected chi connectivity index (χ1v) is 9.16. The highest BCUT2D eigenvalue weighted by atomic mass is 79.9. The van der Waals surface area contributed by atoms with Crippen LogP contribution in [0.25, 0.3) is 0 Å². The van der Waals surface area contributed by atoms with E-state index in [1.54, 1.807) is 0 Å². The summed E-state index contributed by atoms with van der Waals surface area (Å²) in [4.78, 5) is 12.2. The molecule has 0 saturated carbocycles. The molecule has 0 radical (unpaired) electrons. The van der Waals surface area contributed by atoms with E-state index in [-0.39, 0.29) is 5.91 Å². The van der Waals surface area contributed by atoms with Gasteiger partial charge in [-0.1, -0.05) is 35.8 Å². The SMILES string of the molecule is Cc1ccc(NC(=O)CCc2c(C)nn(CC(C)C)c2C)cc1Br. The summed E-state index contributed by atoms with van der Waals surface area (Å²) in [5.41, 5.74) is 5.36. The molecule has 2 rings (SSSR count). The number of halogens is 1. The van der Waals surface area contributed by atoms with Gasteiger partial charge in [0.2, 0.25) is 5.91 Å². The van der Waals surface area contributed by atoms with E-state index < -0.39 is 0 Å². The average molecular weight is 392 g/mol. The van der Waals surface area contributed by atoms with Gasteiger partial charge in [-0.3, -0.25) is 9.48 Å². The normalized spacial score (nSPS) is 11.1. The van der Waals surface area contributed by atoms with Crippen LogP contribution < -0.4 is 5.32 Å².